The first kappa shape index (κ1) is 9.00. The molecule has 1 amide bonds. The molecule has 1 saturated carbocycles. The van der Waals surface area contributed by atoms with E-state index in [0.717, 1.165) is 25.9 Å². The number of hydrogen-bond donors (Lipinski definition) is 1. The van der Waals surface area contributed by atoms with E-state index in [1.165, 1.54) is 19.3 Å². The number of likely N-dealkylation sites (tertiary alicyclic amines) is 1. The molecule has 2 fully saturated rings. The van der Waals surface area contributed by atoms with Gasteiger partial charge in [-0.1, -0.05) is 0 Å². The number of nitrogens with two attached hydrogens (primary N) is 1. The van der Waals surface area contributed by atoms with Gasteiger partial charge in [0.05, 0.1) is 0 Å². The Kier molecular flexibility index (Phi) is 2.28. The lowest BCUT2D eigenvalue weighted by atomic mass is 10.1. The Labute approximate surface area is 79.3 Å². The molecule has 0 spiro atoms. The van der Waals surface area contributed by atoms with Crippen molar-refractivity contribution in [3.63, 3.8) is 0 Å². The highest BCUT2D eigenvalue weighted by Gasteiger charge is 2.41. The van der Waals surface area contributed by atoms with Crippen LogP contribution < -0.4 is 5.73 Å². The number of hydrogen-bond acceptors (Lipinski definition) is 2. The summed E-state index contributed by atoms with van der Waals surface area (Å²) in [5.74, 6) is 0.278. The lowest BCUT2D eigenvalue weighted by Gasteiger charge is -2.27. The van der Waals surface area contributed by atoms with E-state index in [0.29, 0.717) is 6.42 Å². The van der Waals surface area contributed by atoms with Crippen molar-refractivity contribution >= 4 is 5.91 Å². The maximum Gasteiger partial charge on any atom is 0.224 e. The number of rotatable bonds is 2. The van der Waals surface area contributed by atoms with Gasteiger partial charge in [-0.3, -0.25) is 4.79 Å². The maximum absolute atomic E-state index is 11.7. The first-order valence-corrected chi connectivity index (χ1v) is 5.26. The SMILES string of the molecule is NC1(CC(=O)N2CCCCC2)CC1. The molecule has 74 valence electrons. The highest BCUT2D eigenvalue weighted by molar-refractivity contribution is 5.78. The molecule has 1 heterocycles. The number of carbonyl (C=O) groups excluding carboxylic acids is 1. The summed E-state index contributed by atoms with van der Waals surface area (Å²) in [6.07, 6.45) is 6.26. The van der Waals surface area contributed by atoms with Crippen LogP contribution in [-0.2, 0) is 4.79 Å². The molecule has 1 aliphatic carbocycles. The zero-order valence-corrected chi connectivity index (χ0v) is 8.09. The van der Waals surface area contributed by atoms with Crippen LogP contribution >= 0.6 is 0 Å². The number of amides is 1. The van der Waals surface area contributed by atoms with Crippen molar-refractivity contribution in [2.45, 2.75) is 44.1 Å². The molecule has 0 aromatic rings. The quantitative estimate of drug-likeness (QED) is 0.689. The van der Waals surface area contributed by atoms with E-state index < -0.39 is 0 Å². The van der Waals surface area contributed by atoms with Crippen LogP contribution in [0.4, 0.5) is 0 Å². The van der Waals surface area contributed by atoms with Crippen LogP contribution in [0.25, 0.3) is 0 Å². The fraction of sp³-hybridized carbons (Fsp3) is 0.900. The smallest absolute Gasteiger partial charge is 0.224 e. The van der Waals surface area contributed by atoms with Gasteiger partial charge in [-0.15, -0.1) is 0 Å². The summed E-state index contributed by atoms with van der Waals surface area (Å²) in [4.78, 5) is 13.7. The van der Waals surface area contributed by atoms with E-state index in [2.05, 4.69) is 0 Å². The summed E-state index contributed by atoms with van der Waals surface area (Å²) in [6, 6.07) is 0. The first-order chi connectivity index (χ1) is 6.20. The molecule has 13 heavy (non-hydrogen) atoms. The molecule has 2 N–H and O–H groups in total. The number of piperidine rings is 1. The van der Waals surface area contributed by atoms with Crippen LogP contribution in [0, 0.1) is 0 Å². The molecular weight excluding hydrogens is 164 g/mol. The van der Waals surface area contributed by atoms with Gasteiger partial charge >= 0.3 is 0 Å². The topological polar surface area (TPSA) is 46.3 Å². The molecule has 0 unspecified atom stereocenters. The summed E-state index contributed by atoms with van der Waals surface area (Å²) >= 11 is 0. The van der Waals surface area contributed by atoms with Gasteiger partial charge in [-0.25, -0.2) is 0 Å². The van der Waals surface area contributed by atoms with Crippen LogP contribution in [0.1, 0.15) is 38.5 Å². The zero-order valence-electron chi connectivity index (χ0n) is 8.09. The fourth-order valence-corrected chi connectivity index (χ4v) is 1.89. The van der Waals surface area contributed by atoms with Crippen molar-refractivity contribution in [2.75, 3.05) is 13.1 Å². The van der Waals surface area contributed by atoms with Crippen LogP contribution in [0.5, 0.6) is 0 Å². The van der Waals surface area contributed by atoms with Gasteiger partial charge in [0.2, 0.25) is 5.91 Å². The second-order valence-corrected chi connectivity index (χ2v) is 4.48. The van der Waals surface area contributed by atoms with Crippen LogP contribution in [0.15, 0.2) is 0 Å². The van der Waals surface area contributed by atoms with E-state index in [9.17, 15) is 4.79 Å². The first-order valence-electron chi connectivity index (χ1n) is 5.26. The normalized spacial score (nSPS) is 25.8. The summed E-state index contributed by atoms with van der Waals surface area (Å²) < 4.78 is 0. The summed E-state index contributed by atoms with van der Waals surface area (Å²) in [6.45, 7) is 1.91. The summed E-state index contributed by atoms with van der Waals surface area (Å²) in [5, 5.41) is 0. The molecule has 0 bridgehead atoms. The number of nitrogens with zero attached hydrogens (tertiary/aromatic N) is 1. The van der Waals surface area contributed by atoms with Gasteiger partial charge in [0, 0.05) is 25.0 Å². The molecule has 0 aromatic heterocycles. The van der Waals surface area contributed by atoms with Gasteiger partial charge in [-0.05, 0) is 32.1 Å². The van der Waals surface area contributed by atoms with Crippen molar-refractivity contribution in [2.24, 2.45) is 5.73 Å². The molecule has 0 aromatic carbocycles. The average molecular weight is 182 g/mol. The lowest BCUT2D eigenvalue weighted by molar-refractivity contribution is -0.132. The molecule has 3 heteroatoms. The molecule has 1 saturated heterocycles. The van der Waals surface area contributed by atoms with Gasteiger partial charge in [0.1, 0.15) is 0 Å². The third-order valence-electron chi connectivity index (χ3n) is 3.10. The van der Waals surface area contributed by atoms with E-state index in [-0.39, 0.29) is 11.4 Å². The Morgan fingerprint density at radius 1 is 1.23 bits per heavy atom. The minimum atomic E-state index is -0.117. The largest absolute Gasteiger partial charge is 0.343 e. The highest BCUT2D eigenvalue weighted by atomic mass is 16.2. The Morgan fingerprint density at radius 3 is 2.38 bits per heavy atom. The van der Waals surface area contributed by atoms with E-state index >= 15 is 0 Å². The minimum absolute atomic E-state index is 0.117. The van der Waals surface area contributed by atoms with Crippen molar-refractivity contribution in [3.05, 3.63) is 0 Å². The van der Waals surface area contributed by atoms with E-state index in [1.54, 1.807) is 0 Å². The van der Waals surface area contributed by atoms with Crippen molar-refractivity contribution in [1.82, 2.24) is 4.90 Å². The van der Waals surface area contributed by atoms with E-state index in [1.807, 2.05) is 4.90 Å². The van der Waals surface area contributed by atoms with Crippen LogP contribution in [0.2, 0.25) is 0 Å². The fourth-order valence-electron chi connectivity index (χ4n) is 1.89. The van der Waals surface area contributed by atoms with Crippen LogP contribution in [-0.4, -0.2) is 29.4 Å². The van der Waals surface area contributed by atoms with Gasteiger partial charge in [0.15, 0.2) is 0 Å². The Balaban J connectivity index is 1.81. The van der Waals surface area contributed by atoms with Crippen molar-refractivity contribution in [1.29, 1.82) is 0 Å². The lowest BCUT2D eigenvalue weighted by Crippen LogP contribution is -2.39. The Hall–Kier alpha value is -0.570. The third-order valence-corrected chi connectivity index (χ3v) is 3.10. The molecular formula is C10H18N2O. The Morgan fingerprint density at radius 2 is 1.85 bits per heavy atom. The molecule has 3 nitrogen and oxygen atoms in total. The highest BCUT2D eigenvalue weighted by Crippen LogP contribution is 2.36. The predicted octanol–water partition coefficient (Wildman–Crippen LogP) is 0.880. The van der Waals surface area contributed by atoms with Gasteiger partial charge in [-0.2, -0.15) is 0 Å². The monoisotopic (exact) mass is 182 g/mol. The molecule has 2 aliphatic rings. The predicted molar refractivity (Wildman–Crippen MR) is 51.2 cm³/mol. The molecule has 0 atom stereocenters. The van der Waals surface area contributed by atoms with Crippen LogP contribution in [0.3, 0.4) is 0 Å². The standard InChI is InChI=1S/C10H18N2O/c11-10(4-5-10)8-9(13)12-6-2-1-3-7-12/h1-8,11H2. The Bertz CT molecular complexity index is 205. The zero-order chi connectivity index (χ0) is 9.31. The molecule has 1 aliphatic heterocycles. The van der Waals surface area contributed by atoms with Gasteiger partial charge in [0.25, 0.3) is 0 Å². The van der Waals surface area contributed by atoms with Crippen molar-refractivity contribution < 1.29 is 4.79 Å². The third kappa shape index (κ3) is 2.21. The second-order valence-electron chi connectivity index (χ2n) is 4.48. The summed E-state index contributed by atoms with van der Waals surface area (Å²) in [7, 11) is 0. The van der Waals surface area contributed by atoms with E-state index in [4.69, 9.17) is 5.73 Å². The molecule has 2 rings (SSSR count). The second kappa shape index (κ2) is 3.29. The number of carbonyl (C=O) groups is 1. The molecule has 0 radical (unpaired) electrons. The summed E-state index contributed by atoms with van der Waals surface area (Å²) in [5.41, 5.74) is 5.79. The van der Waals surface area contributed by atoms with Gasteiger partial charge < -0.3 is 10.6 Å². The minimum Gasteiger partial charge on any atom is -0.343 e. The maximum atomic E-state index is 11.7. The van der Waals surface area contributed by atoms with Crippen molar-refractivity contribution in [3.8, 4) is 0 Å². The average Bonchev–Trinajstić information content (AvgIpc) is 2.85.